The summed E-state index contributed by atoms with van der Waals surface area (Å²) >= 11 is 0. The van der Waals surface area contributed by atoms with Crippen LogP contribution in [0.4, 0.5) is 10.1 Å². The van der Waals surface area contributed by atoms with E-state index >= 15 is 0 Å². The topological polar surface area (TPSA) is 69.6 Å². The Bertz CT molecular complexity index is 677. The van der Waals surface area contributed by atoms with Crippen LogP contribution in [0, 0.1) is 24.1 Å². The predicted molar refractivity (Wildman–Crippen MR) is 76.8 cm³/mol. The van der Waals surface area contributed by atoms with E-state index in [1.165, 1.54) is 31.7 Å². The summed E-state index contributed by atoms with van der Waals surface area (Å²) in [6.45, 7) is 2.50. The van der Waals surface area contributed by atoms with Crippen LogP contribution in [-0.2, 0) is 6.54 Å². The number of nitrogen functional groups attached to an aromatic ring is 1. The largest absolute Gasteiger partial charge is 0.398 e. The first-order chi connectivity index (χ1) is 10.1. The SMILES string of the molecule is Cc1c(N)cc(-c2nnnn2CC2(C3CC3)CC2)cc1F. The third-order valence-electron chi connectivity index (χ3n) is 4.97. The van der Waals surface area contributed by atoms with Gasteiger partial charge in [0, 0.05) is 16.8 Å². The average molecular weight is 287 g/mol. The number of hydrogen-bond acceptors (Lipinski definition) is 4. The molecule has 0 atom stereocenters. The lowest BCUT2D eigenvalue weighted by Gasteiger charge is -2.15. The van der Waals surface area contributed by atoms with Crippen LogP contribution < -0.4 is 5.73 Å². The molecule has 1 aromatic carbocycles. The third-order valence-corrected chi connectivity index (χ3v) is 4.97. The van der Waals surface area contributed by atoms with Crippen molar-refractivity contribution in [3.8, 4) is 11.4 Å². The first kappa shape index (κ1) is 12.7. The molecule has 1 heterocycles. The molecule has 5 nitrogen and oxygen atoms in total. The Hall–Kier alpha value is -1.98. The number of benzene rings is 1. The number of hydrogen-bond donors (Lipinski definition) is 1. The molecule has 2 fully saturated rings. The molecule has 21 heavy (non-hydrogen) atoms. The van der Waals surface area contributed by atoms with Gasteiger partial charge >= 0.3 is 0 Å². The first-order valence-corrected chi connectivity index (χ1v) is 7.41. The number of nitrogens with two attached hydrogens (primary N) is 1. The monoisotopic (exact) mass is 287 g/mol. The minimum absolute atomic E-state index is 0.317. The van der Waals surface area contributed by atoms with E-state index in [2.05, 4.69) is 15.5 Å². The Balaban J connectivity index is 1.69. The lowest BCUT2D eigenvalue weighted by molar-refractivity contribution is 0.348. The van der Waals surface area contributed by atoms with E-state index in [9.17, 15) is 4.39 Å². The van der Waals surface area contributed by atoms with Gasteiger partial charge in [-0.2, -0.15) is 0 Å². The fourth-order valence-corrected chi connectivity index (χ4v) is 3.20. The Morgan fingerprint density at radius 1 is 1.38 bits per heavy atom. The van der Waals surface area contributed by atoms with Crippen LogP contribution in [0.25, 0.3) is 11.4 Å². The van der Waals surface area contributed by atoms with Crippen LogP contribution in [0.2, 0.25) is 0 Å². The summed E-state index contributed by atoms with van der Waals surface area (Å²) < 4.78 is 15.7. The van der Waals surface area contributed by atoms with Crippen molar-refractivity contribution in [2.45, 2.75) is 39.2 Å². The molecule has 0 saturated heterocycles. The van der Waals surface area contributed by atoms with Crippen molar-refractivity contribution in [1.82, 2.24) is 20.2 Å². The summed E-state index contributed by atoms with van der Waals surface area (Å²) in [5.41, 5.74) is 7.79. The number of rotatable bonds is 4. The van der Waals surface area contributed by atoms with Gasteiger partial charge in [-0.15, -0.1) is 5.10 Å². The standard InChI is InChI=1S/C15H18FN5/c1-9-12(16)6-10(7-13(9)17)14-18-19-20-21(14)8-15(4-5-15)11-2-3-11/h6-7,11H,2-5,8,17H2,1H3. The van der Waals surface area contributed by atoms with E-state index < -0.39 is 0 Å². The fraction of sp³-hybridized carbons (Fsp3) is 0.533. The highest BCUT2D eigenvalue weighted by Crippen LogP contribution is 2.62. The molecule has 0 aliphatic heterocycles. The van der Waals surface area contributed by atoms with Crippen LogP contribution in [0.1, 0.15) is 31.2 Å². The summed E-state index contributed by atoms with van der Waals surface area (Å²) in [5, 5.41) is 11.9. The number of aromatic nitrogens is 4. The highest BCUT2D eigenvalue weighted by Gasteiger charge is 2.54. The van der Waals surface area contributed by atoms with E-state index in [0.717, 1.165) is 12.5 Å². The van der Waals surface area contributed by atoms with Gasteiger partial charge in [-0.3, -0.25) is 0 Å². The molecule has 6 heteroatoms. The molecule has 0 radical (unpaired) electrons. The van der Waals surface area contributed by atoms with Gasteiger partial charge in [0.05, 0.1) is 6.54 Å². The van der Waals surface area contributed by atoms with Gasteiger partial charge in [0.1, 0.15) is 5.82 Å². The lowest BCUT2D eigenvalue weighted by Crippen LogP contribution is -2.16. The van der Waals surface area contributed by atoms with Crippen LogP contribution in [-0.4, -0.2) is 20.2 Å². The normalized spacial score (nSPS) is 19.7. The zero-order valence-electron chi connectivity index (χ0n) is 12.0. The molecular formula is C15H18FN5. The lowest BCUT2D eigenvalue weighted by atomic mass is 10.0. The van der Waals surface area contributed by atoms with Crippen molar-refractivity contribution in [3.05, 3.63) is 23.5 Å². The maximum atomic E-state index is 13.9. The predicted octanol–water partition coefficient (Wildman–Crippen LogP) is 2.56. The summed E-state index contributed by atoms with van der Waals surface area (Å²) in [6.07, 6.45) is 5.15. The molecule has 110 valence electrons. The van der Waals surface area contributed by atoms with Crippen LogP contribution in [0.5, 0.6) is 0 Å². The van der Waals surface area contributed by atoms with Crippen LogP contribution >= 0.6 is 0 Å². The Kier molecular flexibility index (Phi) is 2.58. The van der Waals surface area contributed by atoms with Crippen molar-refractivity contribution in [1.29, 1.82) is 0 Å². The van der Waals surface area contributed by atoms with E-state index in [1.807, 2.05) is 4.68 Å². The summed E-state index contributed by atoms with van der Waals surface area (Å²) in [4.78, 5) is 0. The maximum Gasteiger partial charge on any atom is 0.182 e. The number of halogens is 1. The number of anilines is 1. The van der Waals surface area contributed by atoms with Gasteiger partial charge in [-0.25, -0.2) is 9.07 Å². The van der Waals surface area contributed by atoms with E-state index in [0.29, 0.717) is 28.1 Å². The quantitative estimate of drug-likeness (QED) is 0.877. The molecule has 1 aromatic heterocycles. The molecule has 2 aliphatic carbocycles. The van der Waals surface area contributed by atoms with Gasteiger partial charge in [0.2, 0.25) is 0 Å². The second-order valence-corrected chi connectivity index (χ2v) is 6.47. The minimum atomic E-state index is -0.317. The van der Waals surface area contributed by atoms with Gasteiger partial charge in [0.15, 0.2) is 5.82 Å². The Labute approximate surface area is 122 Å². The maximum absolute atomic E-state index is 13.9. The fourth-order valence-electron chi connectivity index (χ4n) is 3.20. The van der Waals surface area contributed by atoms with Gasteiger partial charge in [0.25, 0.3) is 0 Å². The molecular weight excluding hydrogens is 269 g/mol. The molecule has 2 aromatic rings. The Morgan fingerprint density at radius 3 is 2.76 bits per heavy atom. The third kappa shape index (κ3) is 2.09. The molecule has 4 rings (SSSR count). The molecule has 0 unspecified atom stereocenters. The smallest absolute Gasteiger partial charge is 0.182 e. The average Bonchev–Trinajstić information content (AvgIpc) is 3.34. The Morgan fingerprint density at radius 2 is 2.14 bits per heavy atom. The van der Waals surface area contributed by atoms with Crippen molar-refractivity contribution >= 4 is 5.69 Å². The number of nitrogens with zero attached hydrogens (tertiary/aromatic N) is 4. The highest BCUT2D eigenvalue weighted by atomic mass is 19.1. The molecule has 2 saturated carbocycles. The van der Waals surface area contributed by atoms with Crippen LogP contribution in [0.3, 0.4) is 0 Å². The van der Waals surface area contributed by atoms with E-state index in [-0.39, 0.29) is 5.82 Å². The highest BCUT2D eigenvalue weighted by molar-refractivity contribution is 5.64. The second-order valence-electron chi connectivity index (χ2n) is 6.47. The second kappa shape index (κ2) is 4.26. The van der Waals surface area contributed by atoms with E-state index in [1.54, 1.807) is 13.0 Å². The zero-order chi connectivity index (χ0) is 14.6. The van der Waals surface area contributed by atoms with Crippen molar-refractivity contribution < 1.29 is 4.39 Å². The zero-order valence-corrected chi connectivity index (χ0v) is 12.0. The van der Waals surface area contributed by atoms with Gasteiger partial charge < -0.3 is 5.73 Å². The molecule has 2 aliphatic rings. The number of tetrazole rings is 1. The molecule has 2 N–H and O–H groups in total. The van der Waals surface area contributed by atoms with E-state index in [4.69, 9.17) is 5.73 Å². The first-order valence-electron chi connectivity index (χ1n) is 7.41. The summed E-state index contributed by atoms with van der Waals surface area (Å²) in [6, 6.07) is 3.21. The van der Waals surface area contributed by atoms with Crippen molar-refractivity contribution in [3.63, 3.8) is 0 Å². The molecule has 0 amide bonds. The van der Waals surface area contributed by atoms with Crippen molar-refractivity contribution in [2.75, 3.05) is 5.73 Å². The summed E-state index contributed by atoms with van der Waals surface area (Å²) in [7, 11) is 0. The van der Waals surface area contributed by atoms with Crippen molar-refractivity contribution in [2.24, 2.45) is 11.3 Å². The van der Waals surface area contributed by atoms with Gasteiger partial charge in [-0.1, -0.05) is 0 Å². The minimum Gasteiger partial charge on any atom is -0.398 e. The molecule has 0 bridgehead atoms. The van der Waals surface area contributed by atoms with Crippen LogP contribution in [0.15, 0.2) is 12.1 Å². The van der Waals surface area contributed by atoms with Gasteiger partial charge in [-0.05, 0) is 66.5 Å². The molecule has 0 spiro atoms. The summed E-state index contributed by atoms with van der Waals surface area (Å²) in [5.74, 6) is 1.12.